The summed E-state index contributed by atoms with van der Waals surface area (Å²) in [5, 5.41) is 9.70. The molecule has 20 heavy (non-hydrogen) atoms. The van der Waals surface area contributed by atoms with Crippen molar-refractivity contribution in [3.63, 3.8) is 0 Å². The smallest absolute Gasteiger partial charge is 0.0709 e. The minimum Gasteiger partial charge on any atom is -0.316 e. The van der Waals surface area contributed by atoms with Crippen LogP contribution in [0.4, 0.5) is 0 Å². The van der Waals surface area contributed by atoms with Gasteiger partial charge in [0, 0.05) is 19.0 Å². The molecule has 1 aromatic heterocycles. The lowest BCUT2D eigenvalue weighted by Crippen LogP contribution is -2.28. The Morgan fingerprint density at radius 3 is 2.75 bits per heavy atom. The highest BCUT2D eigenvalue weighted by molar-refractivity contribution is 5.81. The third kappa shape index (κ3) is 2.73. The van der Waals surface area contributed by atoms with Gasteiger partial charge in [-0.3, -0.25) is 4.68 Å². The molecular formula is C17H25N3. The number of aryl methyl sites for hydroxylation is 1. The minimum absolute atomic E-state index is 0.464. The summed E-state index contributed by atoms with van der Waals surface area (Å²) in [6.45, 7) is 6.78. The predicted molar refractivity (Wildman–Crippen MR) is 83.8 cm³/mol. The number of aromatic nitrogens is 2. The molecule has 1 heterocycles. The zero-order valence-electron chi connectivity index (χ0n) is 12.8. The molecule has 0 atom stereocenters. The van der Waals surface area contributed by atoms with Crippen LogP contribution in [0, 0.1) is 11.3 Å². The molecule has 108 valence electrons. The molecular weight excluding hydrogens is 246 g/mol. The molecule has 1 aliphatic carbocycles. The summed E-state index contributed by atoms with van der Waals surface area (Å²) in [4.78, 5) is 0. The van der Waals surface area contributed by atoms with E-state index in [9.17, 15) is 0 Å². The first-order valence-corrected chi connectivity index (χ1v) is 7.71. The monoisotopic (exact) mass is 271 g/mol. The zero-order chi connectivity index (χ0) is 14.2. The van der Waals surface area contributed by atoms with Crippen molar-refractivity contribution in [2.24, 2.45) is 18.4 Å². The van der Waals surface area contributed by atoms with Crippen molar-refractivity contribution in [1.29, 1.82) is 0 Å². The lowest BCUT2D eigenvalue weighted by Gasteiger charge is -2.16. The van der Waals surface area contributed by atoms with Gasteiger partial charge in [-0.25, -0.2) is 0 Å². The molecule has 3 rings (SSSR count). The molecule has 2 aromatic rings. The summed E-state index contributed by atoms with van der Waals surface area (Å²) in [6.07, 6.45) is 3.78. The molecule has 1 fully saturated rings. The summed E-state index contributed by atoms with van der Waals surface area (Å²) >= 11 is 0. The number of nitrogens with zero attached hydrogens (tertiary/aromatic N) is 2. The summed E-state index contributed by atoms with van der Waals surface area (Å²) in [6, 6.07) is 8.56. The van der Waals surface area contributed by atoms with E-state index in [1.165, 1.54) is 29.4 Å². The van der Waals surface area contributed by atoms with Crippen LogP contribution in [0.2, 0.25) is 0 Å². The molecule has 1 aliphatic rings. The summed E-state index contributed by atoms with van der Waals surface area (Å²) < 4.78 is 2.02. The number of rotatable bonds is 6. The van der Waals surface area contributed by atoms with Crippen molar-refractivity contribution in [2.75, 3.05) is 13.1 Å². The van der Waals surface area contributed by atoms with Gasteiger partial charge in [0.05, 0.1) is 11.2 Å². The third-order valence-corrected chi connectivity index (χ3v) is 4.39. The van der Waals surface area contributed by atoms with Crippen LogP contribution in [0.3, 0.4) is 0 Å². The van der Waals surface area contributed by atoms with Crippen LogP contribution in [0.15, 0.2) is 24.3 Å². The Kier molecular flexibility index (Phi) is 3.55. The van der Waals surface area contributed by atoms with Crippen molar-refractivity contribution in [1.82, 2.24) is 15.1 Å². The lowest BCUT2D eigenvalue weighted by molar-refractivity contribution is 0.428. The van der Waals surface area contributed by atoms with Crippen LogP contribution in [0.25, 0.3) is 10.9 Å². The van der Waals surface area contributed by atoms with Gasteiger partial charge in [0.15, 0.2) is 0 Å². The maximum Gasteiger partial charge on any atom is 0.0709 e. The third-order valence-electron chi connectivity index (χ3n) is 4.39. The fraction of sp³-hybridized carbons (Fsp3) is 0.588. The first-order valence-electron chi connectivity index (χ1n) is 7.71. The highest BCUT2D eigenvalue weighted by Crippen LogP contribution is 2.48. The molecule has 0 radical (unpaired) electrons. The standard InChI is InChI=1S/C17H25N3/c1-13(2)11-18-12-17(8-9-17)10-15-14-6-4-5-7-16(14)20(3)19-15/h4-7,13,18H,8-12H2,1-3H3. The van der Waals surface area contributed by atoms with Gasteiger partial charge >= 0.3 is 0 Å². The molecule has 3 heteroatoms. The van der Waals surface area contributed by atoms with E-state index < -0.39 is 0 Å². The molecule has 0 amide bonds. The Labute approximate surface area is 121 Å². The molecule has 0 bridgehead atoms. The fourth-order valence-corrected chi connectivity index (χ4v) is 2.99. The van der Waals surface area contributed by atoms with E-state index in [0.717, 1.165) is 25.4 Å². The van der Waals surface area contributed by atoms with Crippen molar-refractivity contribution >= 4 is 10.9 Å². The van der Waals surface area contributed by atoms with Crippen molar-refractivity contribution in [3.8, 4) is 0 Å². The number of benzene rings is 1. The molecule has 0 unspecified atom stereocenters. The summed E-state index contributed by atoms with van der Waals surface area (Å²) in [5.41, 5.74) is 2.98. The largest absolute Gasteiger partial charge is 0.316 e. The summed E-state index contributed by atoms with van der Waals surface area (Å²) in [5.74, 6) is 0.724. The Bertz CT molecular complexity index is 593. The van der Waals surface area contributed by atoms with E-state index >= 15 is 0 Å². The Morgan fingerprint density at radius 1 is 1.30 bits per heavy atom. The molecule has 1 saturated carbocycles. The number of hydrogen-bond donors (Lipinski definition) is 1. The van der Waals surface area contributed by atoms with Gasteiger partial charge in [-0.2, -0.15) is 5.10 Å². The van der Waals surface area contributed by atoms with Gasteiger partial charge in [0.25, 0.3) is 0 Å². The quantitative estimate of drug-likeness (QED) is 0.874. The first-order chi connectivity index (χ1) is 9.60. The summed E-state index contributed by atoms with van der Waals surface area (Å²) in [7, 11) is 2.04. The second kappa shape index (κ2) is 5.21. The molecule has 0 spiro atoms. The van der Waals surface area contributed by atoms with Gasteiger partial charge in [0.2, 0.25) is 0 Å². The first kappa shape index (κ1) is 13.6. The number of fused-ring (bicyclic) bond motifs is 1. The molecule has 1 N–H and O–H groups in total. The second-order valence-corrected chi connectivity index (χ2v) is 6.79. The van der Waals surface area contributed by atoms with E-state index in [2.05, 4.69) is 43.4 Å². The molecule has 0 saturated heterocycles. The topological polar surface area (TPSA) is 29.9 Å². The fourth-order valence-electron chi connectivity index (χ4n) is 2.99. The van der Waals surface area contributed by atoms with Gasteiger partial charge in [-0.05, 0) is 43.2 Å². The van der Waals surface area contributed by atoms with Crippen LogP contribution < -0.4 is 5.32 Å². The number of para-hydroxylation sites is 1. The maximum absolute atomic E-state index is 4.75. The highest BCUT2D eigenvalue weighted by Gasteiger charge is 2.43. The van der Waals surface area contributed by atoms with Crippen LogP contribution in [0.5, 0.6) is 0 Å². The molecule has 3 nitrogen and oxygen atoms in total. The van der Waals surface area contributed by atoms with E-state index in [1.807, 2.05) is 11.7 Å². The van der Waals surface area contributed by atoms with Crippen LogP contribution >= 0.6 is 0 Å². The molecule has 0 aliphatic heterocycles. The normalized spacial score (nSPS) is 17.0. The molecule has 1 aromatic carbocycles. The second-order valence-electron chi connectivity index (χ2n) is 6.79. The lowest BCUT2D eigenvalue weighted by atomic mass is 9.98. The Morgan fingerprint density at radius 2 is 2.05 bits per heavy atom. The van der Waals surface area contributed by atoms with E-state index in [0.29, 0.717) is 5.41 Å². The van der Waals surface area contributed by atoms with Crippen molar-refractivity contribution in [2.45, 2.75) is 33.1 Å². The van der Waals surface area contributed by atoms with Crippen molar-refractivity contribution in [3.05, 3.63) is 30.0 Å². The van der Waals surface area contributed by atoms with Gasteiger partial charge in [-0.1, -0.05) is 32.0 Å². The van der Waals surface area contributed by atoms with E-state index in [1.54, 1.807) is 0 Å². The number of hydrogen-bond acceptors (Lipinski definition) is 2. The Hall–Kier alpha value is -1.35. The average Bonchev–Trinajstić information content (AvgIpc) is 3.10. The Balaban J connectivity index is 1.73. The van der Waals surface area contributed by atoms with Crippen LogP contribution in [-0.4, -0.2) is 22.9 Å². The van der Waals surface area contributed by atoms with Crippen LogP contribution in [-0.2, 0) is 13.5 Å². The van der Waals surface area contributed by atoms with Gasteiger partial charge in [-0.15, -0.1) is 0 Å². The number of nitrogens with one attached hydrogen (secondary N) is 1. The van der Waals surface area contributed by atoms with Crippen molar-refractivity contribution < 1.29 is 0 Å². The van der Waals surface area contributed by atoms with Gasteiger partial charge < -0.3 is 5.32 Å². The average molecular weight is 271 g/mol. The predicted octanol–water partition coefficient (Wildman–Crippen LogP) is 3.14. The highest BCUT2D eigenvalue weighted by atomic mass is 15.3. The SMILES string of the molecule is CC(C)CNCC1(Cc2nn(C)c3ccccc23)CC1. The maximum atomic E-state index is 4.75. The zero-order valence-corrected chi connectivity index (χ0v) is 12.8. The van der Waals surface area contributed by atoms with E-state index in [-0.39, 0.29) is 0 Å². The van der Waals surface area contributed by atoms with E-state index in [4.69, 9.17) is 5.10 Å². The van der Waals surface area contributed by atoms with Gasteiger partial charge in [0.1, 0.15) is 0 Å². The van der Waals surface area contributed by atoms with Crippen LogP contribution in [0.1, 0.15) is 32.4 Å². The minimum atomic E-state index is 0.464.